The number of nitrogens with one attached hydrogen (secondary N) is 1. The van der Waals surface area contributed by atoms with Crippen LogP contribution in [0.4, 0.5) is 0 Å². The lowest BCUT2D eigenvalue weighted by Gasteiger charge is -2.10. The van der Waals surface area contributed by atoms with Gasteiger partial charge in [-0.2, -0.15) is 0 Å². The molecule has 0 radical (unpaired) electrons. The Morgan fingerprint density at radius 1 is 1.20 bits per heavy atom. The number of rotatable bonds is 8. The molecule has 3 aromatic rings. The molecule has 1 N–H and O–H groups in total. The Hall–Kier alpha value is -3.20. The number of carbonyl (C=O) groups excluding carboxylic acids is 1. The lowest BCUT2D eigenvalue weighted by atomic mass is 10.2. The summed E-state index contributed by atoms with van der Waals surface area (Å²) >= 11 is 1.20. The normalized spacial score (nSPS) is 13.1. The van der Waals surface area contributed by atoms with Crippen molar-refractivity contribution in [2.45, 2.75) is 37.5 Å². The van der Waals surface area contributed by atoms with Crippen LogP contribution >= 0.6 is 11.8 Å². The third-order valence-electron chi connectivity index (χ3n) is 4.35. The largest absolute Gasteiger partial charge is 0.484 e. The van der Waals surface area contributed by atoms with E-state index in [1.807, 2.05) is 49.4 Å². The molecule has 4 rings (SSSR count). The third-order valence-corrected chi connectivity index (χ3v) is 5.28. The van der Waals surface area contributed by atoms with Gasteiger partial charge in [0.25, 0.3) is 11.1 Å². The molecule has 2 heterocycles. The lowest BCUT2D eigenvalue weighted by molar-refractivity contribution is -0.120. The molecule has 0 saturated carbocycles. The second kappa shape index (κ2) is 9.08. The summed E-state index contributed by atoms with van der Waals surface area (Å²) in [6.45, 7) is 4.56. The van der Waals surface area contributed by atoms with Crippen LogP contribution in [0.25, 0.3) is 0 Å². The van der Waals surface area contributed by atoms with E-state index in [2.05, 4.69) is 15.5 Å². The highest BCUT2D eigenvalue weighted by Crippen LogP contribution is 2.32. The van der Waals surface area contributed by atoms with Crippen LogP contribution in [0.15, 0.2) is 52.1 Å². The molecule has 1 aromatic heterocycles. The molecule has 9 heteroatoms. The van der Waals surface area contributed by atoms with Gasteiger partial charge in [-0.05, 0) is 49.2 Å². The van der Waals surface area contributed by atoms with E-state index in [-0.39, 0.29) is 19.3 Å². The third kappa shape index (κ3) is 5.04. The molecule has 1 unspecified atom stereocenters. The van der Waals surface area contributed by atoms with Gasteiger partial charge in [-0.15, -0.1) is 10.2 Å². The summed E-state index contributed by atoms with van der Waals surface area (Å²) in [5.74, 6) is 2.36. The topological polar surface area (TPSA) is 95.7 Å². The van der Waals surface area contributed by atoms with E-state index < -0.39 is 5.25 Å². The van der Waals surface area contributed by atoms with Crippen molar-refractivity contribution in [2.24, 2.45) is 0 Å². The highest BCUT2D eigenvalue weighted by Gasteiger charge is 2.19. The summed E-state index contributed by atoms with van der Waals surface area (Å²) in [4.78, 5) is 12.4. The summed E-state index contributed by atoms with van der Waals surface area (Å²) in [5.41, 5.74) is 2.04. The van der Waals surface area contributed by atoms with Gasteiger partial charge in [-0.25, -0.2) is 0 Å². The SMILES string of the molecule is Cc1cccc(OCc2nnc(SC(C)C(=O)NCc3ccc4c(c3)OCO4)o2)c1. The average molecular weight is 427 g/mol. The first-order chi connectivity index (χ1) is 14.6. The summed E-state index contributed by atoms with van der Waals surface area (Å²) in [6.07, 6.45) is 0. The van der Waals surface area contributed by atoms with Gasteiger partial charge in [0.2, 0.25) is 12.7 Å². The van der Waals surface area contributed by atoms with Gasteiger partial charge in [0.15, 0.2) is 18.1 Å². The van der Waals surface area contributed by atoms with Crippen LogP contribution < -0.4 is 19.5 Å². The van der Waals surface area contributed by atoms with E-state index in [1.165, 1.54) is 11.8 Å². The number of ether oxygens (including phenoxy) is 3. The molecule has 1 aliphatic heterocycles. The number of benzene rings is 2. The minimum Gasteiger partial charge on any atom is -0.484 e. The van der Waals surface area contributed by atoms with Gasteiger partial charge < -0.3 is 23.9 Å². The lowest BCUT2D eigenvalue weighted by Crippen LogP contribution is -2.30. The summed E-state index contributed by atoms with van der Waals surface area (Å²) in [5, 5.41) is 10.8. The fraction of sp³-hybridized carbons (Fsp3) is 0.286. The molecule has 0 bridgehead atoms. The van der Waals surface area contributed by atoms with E-state index in [0.717, 1.165) is 16.9 Å². The number of carbonyl (C=O) groups is 1. The van der Waals surface area contributed by atoms with Crippen molar-refractivity contribution >= 4 is 17.7 Å². The summed E-state index contributed by atoms with van der Waals surface area (Å²) < 4.78 is 21.9. The minimum atomic E-state index is -0.398. The van der Waals surface area contributed by atoms with Gasteiger partial charge in [0.05, 0.1) is 5.25 Å². The first kappa shape index (κ1) is 20.1. The van der Waals surface area contributed by atoms with Crippen molar-refractivity contribution in [3.8, 4) is 17.2 Å². The number of fused-ring (bicyclic) bond motifs is 1. The molecule has 0 saturated heterocycles. The van der Waals surface area contributed by atoms with Crippen molar-refractivity contribution in [1.82, 2.24) is 15.5 Å². The first-order valence-electron chi connectivity index (χ1n) is 9.41. The van der Waals surface area contributed by atoms with E-state index in [0.29, 0.717) is 29.2 Å². The Kier molecular flexibility index (Phi) is 6.08. The fourth-order valence-corrected chi connectivity index (χ4v) is 3.51. The van der Waals surface area contributed by atoms with Crippen molar-refractivity contribution in [3.05, 3.63) is 59.5 Å². The Bertz CT molecular complexity index is 1040. The monoisotopic (exact) mass is 427 g/mol. The van der Waals surface area contributed by atoms with E-state index in [1.54, 1.807) is 6.92 Å². The molecule has 1 aliphatic rings. The van der Waals surface area contributed by atoms with Crippen LogP contribution in [0.2, 0.25) is 0 Å². The molecular formula is C21H21N3O5S. The predicted molar refractivity (Wildman–Crippen MR) is 110 cm³/mol. The molecule has 1 amide bonds. The number of amides is 1. The van der Waals surface area contributed by atoms with E-state index >= 15 is 0 Å². The van der Waals surface area contributed by atoms with Crippen LogP contribution in [-0.2, 0) is 17.9 Å². The number of nitrogens with zero attached hydrogens (tertiary/aromatic N) is 2. The molecular weight excluding hydrogens is 406 g/mol. The maximum Gasteiger partial charge on any atom is 0.277 e. The second-order valence-corrected chi connectivity index (χ2v) is 8.02. The maximum atomic E-state index is 12.4. The van der Waals surface area contributed by atoms with E-state index in [4.69, 9.17) is 18.6 Å². The number of hydrogen-bond acceptors (Lipinski definition) is 8. The molecule has 156 valence electrons. The average Bonchev–Trinajstić information content (AvgIpc) is 3.39. The highest BCUT2D eigenvalue weighted by molar-refractivity contribution is 8.00. The van der Waals surface area contributed by atoms with Crippen molar-refractivity contribution in [1.29, 1.82) is 0 Å². The van der Waals surface area contributed by atoms with Gasteiger partial charge in [-0.3, -0.25) is 4.79 Å². The second-order valence-electron chi connectivity index (χ2n) is 6.73. The number of hydrogen-bond donors (Lipinski definition) is 1. The van der Waals surface area contributed by atoms with Gasteiger partial charge in [0.1, 0.15) is 5.75 Å². The van der Waals surface area contributed by atoms with Crippen LogP contribution in [-0.4, -0.2) is 28.1 Å². The Balaban J connectivity index is 1.25. The summed E-state index contributed by atoms with van der Waals surface area (Å²) in [7, 11) is 0. The van der Waals surface area contributed by atoms with Crippen molar-refractivity contribution in [2.75, 3.05) is 6.79 Å². The molecule has 2 aromatic carbocycles. The minimum absolute atomic E-state index is 0.131. The fourth-order valence-electron chi connectivity index (χ4n) is 2.78. The molecule has 0 spiro atoms. The zero-order valence-corrected chi connectivity index (χ0v) is 17.4. The number of aryl methyl sites for hydroxylation is 1. The quantitative estimate of drug-likeness (QED) is 0.546. The van der Waals surface area contributed by atoms with Gasteiger partial charge >= 0.3 is 0 Å². The highest BCUT2D eigenvalue weighted by atomic mass is 32.2. The summed E-state index contributed by atoms with van der Waals surface area (Å²) in [6, 6.07) is 13.3. The van der Waals surface area contributed by atoms with Crippen molar-refractivity contribution < 1.29 is 23.4 Å². The van der Waals surface area contributed by atoms with Crippen LogP contribution in [0.5, 0.6) is 17.2 Å². The van der Waals surface area contributed by atoms with E-state index in [9.17, 15) is 4.79 Å². The van der Waals surface area contributed by atoms with Gasteiger partial charge in [0, 0.05) is 6.54 Å². The Morgan fingerprint density at radius 3 is 2.93 bits per heavy atom. The van der Waals surface area contributed by atoms with Gasteiger partial charge in [-0.1, -0.05) is 30.0 Å². The Morgan fingerprint density at radius 2 is 2.07 bits per heavy atom. The van der Waals surface area contributed by atoms with Crippen LogP contribution in [0.1, 0.15) is 23.9 Å². The molecule has 1 atom stereocenters. The predicted octanol–water partition coefficient (Wildman–Crippen LogP) is 3.48. The first-order valence-corrected chi connectivity index (χ1v) is 10.3. The Labute approximate surface area is 177 Å². The number of thioether (sulfide) groups is 1. The molecule has 0 aliphatic carbocycles. The van der Waals surface area contributed by atoms with Crippen molar-refractivity contribution in [3.63, 3.8) is 0 Å². The standard InChI is InChI=1S/C21H21N3O5S/c1-13-4-3-5-16(8-13)26-11-19-23-24-21(29-19)30-14(2)20(25)22-10-15-6-7-17-18(9-15)28-12-27-17/h3-9,14H,10-12H2,1-2H3,(H,22,25). The van der Waals surface area contributed by atoms with Crippen LogP contribution in [0.3, 0.4) is 0 Å². The molecule has 0 fully saturated rings. The number of aromatic nitrogens is 2. The maximum absolute atomic E-state index is 12.4. The zero-order valence-electron chi connectivity index (χ0n) is 16.6. The molecule has 8 nitrogen and oxygen atoms in total. The smallest absolute Gasteiger partial charge is 0.277 e. The zero-order chi connectivity index (χ0) is 20.9. The molecule has 30 heavy (non-hydrogen) atoms. The van der Waals surface area contributed by atoms with Crippen LogP contribution in [0, 0.1) is 6.92 Å².